The molecule has 0 aromatic heterocycles. The van der Waals surface area contributed by atoms with Crippen molar-refractivity contribution in [2.24, 2.45) is 0 Å². The van der Waals surface area contributed by atoms with Gasteiger partial charge in [-0.2, -0.15) is 0 Å². The van der Waals surface area contributed by atoms with Gasteiger partial charge in [-0.3, -0.25) is 0 Å². The van der Waals surface area contributed by atoms with Crippen molar-refractivity contribution >= 4 is 0 Å². The Morgan fingerprint density at radius 3 is 2.41 bits per heavy atom. The van der Waals surface area contributed by atoms with Gasteiger partial charge in [-0.15, -0.1) is 0 Å². The van der Waals surface area contributed by atoms with Crippen molar-refractivity contribution in [3.63, 3.8) is 0 Å². The van der Waals surface area contributed by atoms with Gasteiger partial charge in [-0.1, -0.05) is 19.4 Å². The molecule has 0 fully saturated rings. The van der Waals surface area contributed by atoms with Gasteiger partial charge >= 0.3 is 0 Å². The van der Waals surface area contributed by atoms with Crippen LogP contribution in [-0.4, -0.2) is 13.1 Å². The van der Waals surface area contributed by atoms with Gasteiger partial charge in [0.05, 0.1) is 0 Å². The number of halogens is 3. The Kier molecular flexibility index (Phi) is 5.48. The van der Waals surface area contributed by atoms with Gasteiger partial charge in [0.1, 0.15) is 0 Å². The molecule has 1 rings (SSSR count). The van der Waals surface area contributed by atoms with Gasteiger partial charge in [0.25, 0.3) is 0 Å². The molecular formula is C13H18F3N. The molecule has 0 saturated carbocycles. The van der Waals surface area contributed by atoms with Crippen LogP contribution < -0.4 is 5.32 Å². The predicted molar refractivity (Wildman–Crippen MR) is 62.4 cm³/mol. The lowest BCUT2D eigenvalue weighted by Gasteiger charge is -2.15. The third-order valence-electron chi connectivity index (χ3n) is 2.92. The van der Waals surface area contributed by atoms with E-state index in [-0.39, 0.29) is 11.6 Å². The van der Waals surface area contributed by atoms with Crippen molar-refractivity contribution in [3.05, 3.63) is 35.1 Å². The minimum absolute atomic E-state index is 0.236. The van der Waals surface area contributed by atoms with Crippen molar-refractivity contribution < 1.29 is 13.2 Å². The lowest BCUT2D eigenvalue weighted by atomic mass is 10.0. The SMILES string of the molecule is CCCC(CCc1ccc(F)c(F)c1F)NC. The summed E-state index contributed by atoms with van der Waals surface area (Å²) in [5.41, 5.74) is 0.236. The average Bonchev–Trinajstić information content (AvgIpc) is 2.33. The van der Waals surface area contributed by atoms with Crippen LogP contribution in [0, 0.1) is 17.5 Å². The highest BCUT2D eigenvalue weighted by atomic mass is 19.2. The largest absolute Gasteiger partial charge is 0.317 e. The van der Waals surface area contributed by atoms with E-state index in [1.165, 1.54) is 6.07 Å². The average molecular weight is 245 g/mol. The molecule has 1 N–H and O–H groups in total. The van der Waals surface area contributed by atoms with Crippen LogP contribution in [0.4, 0.5) is 13.2 Å². The maximum Gasteiger partial charge on any atom is 0.194 e. The van der Waals surface area contributed by atoms with Crippen molar-refractivity contribution in [1.29, 1.82) is 0 Å². The zero-order chi connectivity index (χ0) is 12.8. The molecule has 0 bridgehead atoms. The Bertz CT molecular complexity index is 366. The molecular weight excluding hydrogens is 227 g/mol. The molecule has 1 unspecified atom stereocenters. The van der Waals surface area contributed by atoms with Crippen LogP contribution in [0.3, 0.4) is 0 Å². The van der Waals surface area contributed by atoms with E-state index in [1.807, 2.05) is 7.05 Å². The molecule has 4 heteroatoms. The lowest BCUT2D eigenvalue weighted by molar-refractivity contribution is 0.433. The molecule has 1 nitrogen and oxygen atoms in total. The van der Waals surface area contributed by atoms with Gasteiger partial charge in [-0.05, 0) is 37.9 Å². The molecule has 0 saturated heterocycles. The molecule has 0 aliphatic rings. The number of aryl methyl sites for hydroxylation is 1. The van der Waals surface area contributed by atoms with Crippen molar-refractivity contribution in [3.8, 4) is 0 Å². The van der Waals surface area contributed by atoms with E-state index in [0.717, 1.165) is 18.9 Å². The number of nitrogens with one attached hydrogen (secondary N) is 1. The molecule has 1 atom stereocenters. The molecule has 1 aromatic carbocycles. The van der Waals surface area contributed by atoms with E-state index in [4.69, 9.17) is 0 Å². The first kappa shape index (κ1) is 14.0. The standard InChI is InChI=1S/C13H18F3N/c1-3-4-10(17-2)7-5-9-6-8-11(14)13(16)12(9)15/h6,8,10,17H,3-5,7H2,1-2H3. The minimum Gasteiger partial charge on any atom is -0.317 e. The van der Waals surface area contributed by atoms with Gasteiger partial charge in [0.15, 0.2) is 17.5 Å². The monoisotopic (exact) mass is 245 g/mol. The van der Waals surface area contributed by atoms with E-state index in [9.17, 15) is 13.2 Å². The van der Waals surface area contributed by atoms with E-state index in [1.54, 1.807) is 0 Å². The van der Waals surface area contributed by atoms with Crippen LogP contribution in [0.25, 0.3) is 0 Å². The number of benzene rings is 1. The molecule has 0 radical (unpaired) electrons. The van der Waals surface area contributed by atoms with Crippen LogP contribution in [-0.2, 0) is 6.42 Å². The molecule has 0 amide bonds. The third-order valence-corrected chi connectivity index (χ3v) is 2.92. The summed E-state index contributed by atoms with van der Waals surface area (Å²) in [6.07, 6.45) is 3.15. The summed E-state index contributed by atoms with van der Waals surface area (Å²) in [7, 11) is 1.85. The van der Waals surface area contributed by atoms with Crippen LogP contribution in [0.2, 0.25) is 0 Å². The van der Waals surface area contributed by atoms with Crippen molar-refractivity contribution in [2.45, 2.75) is 38.6 Å². The molecule has 0 aliphatic carbocycles. The summed E-state index contributed by atoms with van der Waals surface area (Å²) in [6, 6.07) is 2.57. The van der Waals surface area contributed by atoms with Crippen LogP contribution in [0.15, 0.2) is 12.1 Å². The van der Waals surface area contributed by atoms with E-state index < -0.39 is 17.5 Å². The van der Waals surface area contributed by atoms with Crippen LogP contribution >= 0.6 is 0 Å². The second kappa shape index (κ2) is 6.64. The van der Waals surface area contributed by atoms with Crippen molar-refractivity contribution in [2.75, 3.05) is 7.05 Å². The first-order valence-corrected chi connectivity index (χ1v) is 5.89. The normalized spacial score (nSPS) is 12.8. The van der Waals surface area contributed by atoms with E-state index in [0.29, 0.717) is 12.8 Å². The lowest BCUT2D eigenvalue weighted by Crippen LogP contribution is -2.25. The summed E-state index contributed by atoms with van der Waals surface area (Å²) >= 11 is 0. The predicted octanol–water partition coefficient (Wildman–Crippen LogP) is 3.42. The van der Waals surface area contributed by atoms with E-state index >= 15 is 0 Å². The topological polar surface area (TPSA) is 12.0 Å². The summed E-state index contributed by atoms with van der Waals surface area (Å²) in [6.45, 7) is 2.07. The van der Waals surface area contributed by atoms with Gasteiger partial charge in [0, 0.05) is 6.04 Å². The second-order valence-corrected chi connectivity index (χ2v) is 4.15. The fourth-order valence-electron chi connectivity index (χ4n) is 1.87. The quantitative estimate of drug-likeness (QED) is 0.757. The third kappa shape index (κ3) is 3.73. The Morgan fingerprint density at radius 2 is 1.82 bits per heavy atom. The highest BCUT2D eigenvalue weighted by molar-refractivity contribution is 5.20. The van der Waals surface area contributed by atoms with E-state index in [2.05, 4.69) is 12.2 Å². The van der Waals surface area contributed by atoms with Crippen LogP contribution in [0.1, 0.15) is 31.7 Å². The first-order valence-electron chi connectivity index (χ1n) is 5.89. The summed E-state index contributed by atoms with van der Waals surface area (Å²) in [4.78, 5) is 0. The minimum atomic E-state index is -1.38. The fourth-order valence-corrected chi connectivity index (χ4v) is 1.87. The molecule has 17 heavy (non-hydrogen) atoms. The van der Waals surface area contributed by atoms with Gasteiger partial charge in [-0.25, -0.2) is 13.2 Å². The summed E-state index contributed by atoms with van der Waals surface area (Å²) < 4.78 is 39.1. The number of rotatable bonds is 6. The van der Waals surface area contributed by atoms with Crippen molar-refractivity contribution in [1.82, 2.24) is 5.32 Å². The number of hydrogen-bond acceptors (Lipinski definition) is 1. The maximum absolute atomic E-state index is 13.4. The molecule has 0 heterocycles. The first-order chi connectivity index (χ1) is 8.10. The molecule has 96 valence electrons. The Morgan fingerprint density at radius 1 is 1.12 bits per heavy atom. The maximum atomic E-state index is 13.4. The molecule has 0 spiro atoms. The molecule has 1 aromatic rings. The summed E-state index contributed by atoms with van der Waals surface area (Å²) in [5, 5.41) is 3.13. The smallest absolute Gasteiger partial charge is 0.194 e. The zero-order valence-electron chi connectivity index (χ0n) is 10.2. The Hall–Kier alpha value is -1.03. The van der Waals surface area contributed by atoms with Crippen LogP contribution in [0.5, 0.6) is 0 Å². The number of hydrogen-bond donors (Lipinski definition) is 1. The highest BCUT2D eigenvalue weighted by Gasteiger charge is 2.14. The second-order valence-electron chi connectivity index (χ2n) is 4.15. The van der Waals surface area contributed by atoms with Gasteiger partial charge in [0.2, 0.25) is 0 Å². The highest BCUT2D eigenvalue weighted by Crippen LogP contribution is 2.17. The zero-order valence-corrected chi connectivity index (χ0v) is 10.2. The molecule has 0 aliphatic heterocycles. The fraction of sp³-hybridized carbons (Fsp3) is 0.538. The Labute approximate surface area is 100 Å². The summed E-state index contributed by atoms with van der Waals surface area (Å²) in [5.74, 6) is -3.57. The van der Waals surface area contributed by atoms with Gasteiger partial charge < -0.3 is 5.32 Å². The Balaban J connectivity index is 2.66.